The summed E-state index contributed by atoms with van der Waals surface area (Å²) in [6, 6.07) is 4.86. The maximum absolute atomic E-state index is 9.73. The lowest BCUT2D eigenvalue weighted by molar-refractivity contribution is 0.445. The lowest BCUT2D eigenvalue weighted by Gasteiger charge is -2.10. The second-order valence-corrected chi connectivity index (χ2v) is 7.15. The van der Waals surface area contributed by atoms with Gasteiger partial charge in [0.15, 0.2) is 0 Å². The highest BCUT2D eigenvalue weighted by molar-refractivity contribution is 9.09. The molecule has 0 saturated heterocycles. The first-order valence-electron chi connectivity index (χ1n) is 8.28. The number of benzene rings is 1. The fourth-order valence-electron chi connectivity index (χ4n) is 2.57. The van der Waals surface area contributed by atoms with E-state index in [0.29, 0.717) is 4.83 Å². The van der Waals surface area contributed by atoms with Crippen LogP contribution >= 0.6 is 15.9 Å². The summed E-state index contributed by atoms with van der Waals surface area (Å²) in [5, 5.41) is 19.0. The van der Waals surface area contributed by atoms with Crippen molar-refractivity contribution in [3.8, 4) is 11.5 Å². The topological polar surface area (TPSA) is 40.5 Å². The first-order chi connectivity index (χ1) is 10.1. The van der Waals surface area contributed by atoms with E-state index in [0.717, 1.165) is 24.8 Å². The Morgan fingerprint density at radius 1 is 0.952 bits per heavy atom. The van der Waals surface area contributed by atoms with Crippen LogP contribution < -0.4 is 0 Å². The highest BCUT2D eigenvalue weighted by Gasteiger charge is 2.06. The molecule has 0 amide bonds. The number of rotatable bonds is 11. The Hall–Kier alpha value is -0.700. The highest BCUT2D eigenvalue weighted by atomic mass is 79.9. The minimum atomic E-state index is 0.123. The molecule has 0 aromatic heterocycles. The number of phenols is 2. The Balaban J connectivity index is 2.09. The van der Waals surface area contributed by atoms with Gasteiger partial charge in [-0.25, -0.2) is 0 Å². The Bertz CT molecular complexity index is 393. The van der Waals surface area contributed by atoms with Gasteiger partial charge in [0.05, 0.1) is 0 Å². The van der Waals surface area contributed by atoms with Crippen LogP contribution in [0.25, 0.3) is 0 Å². The minimum Gasteiger partial charge on any atom is -0.508 e. The zero-order valence-electron chi connectivity index (χ0n) is 13.2. The predicted octanol–water partition coefficient (Wildman–Crippen LogP) is 5.93. The van der Waals surface area contributed by atoms with E-state index in [1.807, 2.05) is 6.07 Å². The quantitative estimate of drug-likeness (QED) is 0.380. The van der Waals surface area contributed by atoms with Gasteiger partial charge in [-0.1, -0.05) is 67.4 Å². The molecular weight excluding hydrogens is 328 g/mol. The van der Waals surface area contributed by atoms with E-state index in [1.54, 1.807) is 6.07 Å². The van der Waals surface area contributed by atoms with E-state index < -0.39 is 0 Å². The Morgan fingerprint density at radius 3 is 2.33 bits per heavy atom. The maximum Gasteiger partial charge on any atom is 0.122 e. The van der Waals surface area contributed by atoms with E-state index in [-0.39, 0.29) is 11.5 Å². The Labute approximate surface area is 137 Å². The third kappa shape index (κ3) is 8.35. The van der Waals surface area contributed by atoms with Crippen molar-refractivity contribution in [3.63, 3.8) is 0 Å². The van der Waals surface area contributed by atoms with Crippen molar-refractivity contribution in [1.82, 2.24) is 0 Å². The highest BCUT2D eigenvalue weighted by Crippen LogP contribution is 2.25. The monoisotopic (exact) mass is 356 g/mol. The summed E-state index contributed by atoms with van der Waals surface area (Å²) < 4.78 is 0. The third-order valence-electron chi connectivity index (χ3n) is 3.90. The number of phenolic OH excluding ortho intramolecular Hbond substituents is 2. The molecular formula is C18H29BrO2. The summed E-state index contributed by atoms with van der Waals surface area (Å²) in [5.41, 5.74) is 0.923. The van der Waals surface area contributed by atoms with Gasteiger partial charge in [0.2, 0.25) is 0 Å². The zero-order valence-corrected chi connectivity index (χ0v) is 14.7. The molecule has 3 heteroatoms. The lowest BCUT2D eigenvalue weighted by Crippen LogP contribution is -1.99. The molecule has 0 bridgehead atoms. The van der Waals surface area contributed by atoms with Crippen molar-refractivity contribution in [2.75, 3.05) is 0 Å². The Kier molecular flexibility index (Phi) is 9.56. The average molecular weight is 357 g/mol. The van der Waals surface area contributed by atoms with Crippen molar-refractivity contribution in [2.24, 2.45) is 0 Å². The van der Waals surface area contributed by atoms with E-state index in [2.05, 4.69) is 22.9 Å². The van der Waals surface area contributed by atoms with Gasteiger partial charge in [-0.2, -0.15) is 0 Å². The molecule has 1 aromatic carbocycles. The Morgan fingerprint density at radius 2 is 1.62 bits per heavy atom. The predicted molar refractivity (Wildman–Crippen MR) is 93.4 cm³/mol. The number of halogens is 1. The molecule has 1 atom stereocenters. The summed E-state index contributed by atoms with van der Waals surface area (Å²) in [6.07, 6.45) is 12.4. The van der Waals surface area contributed by atoms with Crippen LogP contribution in [0.1, 0.15) is 70.3 Å². The molecule has 0 radical (unpaired) electrons. The fourth-order valence-corrected chi connectivity index (χ4v) is 3.22. The standard InChI is InChI=1S/C18H29BrO2/c1-2-3-4-5-6-7-10-16(19)11-8-9-15-12-13-17(20)14-18(15)21/h12-14,16,20-21H,2-11H2,1H3. The molecule has 0 fully saturated rings. The van der Waals surface area contributed by atoms with E-state index in [4.69, 9.17) is 0 Å². The summed E-state index contributed by atoms with van der Waals surface area (Å²) in [4.78, 5) is 0.586. The molecule has 2 nitrogen and oxygen atoms in total. The van der Waals surface area contributed by atoms with Crippen LogP contribution in [0.2, 0.25) is 0 Å². The van der Waals surface area contributed by atoms with Crippen molar-refractivity contribution < 1.29 is 10.2 Å². The van der Waals surface area contributed by atoms with Crippen molar-refractivity contribution in [1.29, 1.82) is 0 Å². The smallest absolute Gasteiger partial charge is 0.122 e. The van der Waals surface area contributed by atoms with Crippen LogP contribution in [0.3, 0.4) is 0 Å². The molecule has 1 rings (SSSR count). The van der Waals surface area contributed by atoms with Crippen LogP contribution in [0, 0.1) is 0 Å². The van der Waals surface area contributed by atoms with Gasteiger partial charge in [-0.3, -0.25) is 0 Å². The maximum atomic E-state index is 9.73. The van der Waals surface area contributed by atoms with Crippen LogP contribution in [0.4, 0.5) is 0 Å². The fraction of sp³-hybridized carbons (Fsp3) is 0.667. The number of aryl methyl sites for hydroxylation is 1. The summed E-state index contributed by atoms with van der Waals surface area (Å²) in [5.74, 6) is 0.328. The molecule has 0 aliphatic heterocycles. The summed E-state index contributed by atoms with van der Waals surface area (Å²) >= 11 is 3.76. The van der Waals surface area contributed by atoms with Crippen LogP contribution in [0.15, 0.2) is 18.2 Å². The van der Waals surface area contributed by atoms with Crippen molar-refractivity contribution >= 4 is 15.9 Å². The summed E-state index contributed by atoms with van der Waals surface area (Å²) in [7, 11) is 0. The summed E-state index contributed by atoms with van der Waals surface area (Å²) in [6.45, 7) is 2.25. The average Bonchev–Trinajstić information content (AvgIpc) is 2.45. The van der Waals surface area contributed by atoms with Crippen molar-refractivity contribution in [2.45, 2.75) is 76.0 Å². The third-order valence-corrected chi connectivity index (χ3v) is 4.82. The van der Waals surface area contributed by atoms with E-state index in [9.17, 15) is 10.2 Å². The van der Waals surface area contributed by atoms with E-state index >= 15 is 0 Å². The molecule has 0 aliphatic carbocycles. The molecule has 120 valence electrons. The first-order valence-corrected chi connectivity index (χ1v) is 9.20. The van der Waals surface area contributed by atoms with Gasteiger partial charge < -0.3 is 10.2 Å². The minimum absolute atomic E-state index is 0.123. The largest absolute Gasteiger partial charge is 0.508 e. The SMILES string of the molecule is CCCCCCCCC(Br)CCCc1ccc(O)cc1O. The second-order valence-electron chi connectivity index (χ2n) is 5.86. The van der Waals surface area contributed by atoms with Gasteiger partial charge in [0.1, 0.15) is 11.5 Å². The molecule has 21 heavy (non-hydrogen) atoms. The van der Waals surface area contributed by atoms with Gasteiger partial charge in [0, 0.05) is 10.9 Å². The van der Waals surface area contributed by atoms with Crippen LogP contribution in [-0.4, -0.2) is 15.0 Å². The molecule has 0 spiro atoms. The van der Waals surface area contributed by atoms with Crippen molar-refractivity contribution in [3.05, 3.63) is 23.8 Å². The molecule has 2 N–H and O–H groups in total. The molecule has 0 aliphatic rings. The van der Waals surface area contributed by atoms with Crippen LogP contribution in [0.5, 0.6) is 11.5 Å². The van der Waals surface area contributed by atoms with Gasteiger partial charge in [-0.05, 0) is 37.3 Å². The van der Waals surface area contributed by atoms with E-state index in [1.165, 1.54) is 51.0 Å². The number of aromatic hydroxyl groups is 2. The zero-order chi connectivity index (χ0) is 15.5. The lowest BCUT2D eigenvalue weighted by atomic mass is 10.0. The molecule has 1 unspecified atom stereocenters. The normalized spacial score (nSPS) is 12.5. The number of hydrogen-bond acceptors (Lipinski definition) is 2. The van der Waals surface area contributed by atoms with Gasteiger partial charge in [-0.15, -0.1) is 0 Å². The molecule has 0 saturated carbocycles. The van der Waals surface area contributed by atoms with Crippen LogP contribution in [-0.2, 0) is 6.42 Å². The number of alkyl halides is 1. The second kappa shape index (κ2) is 10.9. The number of hydrogen-bond donors (Lipinski definition) is 2. The molecule has 0 heterocycles. The number of unbranched alkanes of at least 4 members (excludes halogenated alkanes) is 5. The van der Waals surface area contributed by atoms with Gasteiger partial charge >= 0.3 is 0 Å². The van der Waals surface area contributed by atoms with Gasteiger partial charge in [0.25, 0.3) is 0 Å². The first kappa shape index (κ1) is 18.3. The molecule has 1 aromatic rings.